The van der Waals surface area contributed by atoms with E-state index in [2.05, 4.69) is 0 Å². The van der Waals surface area contributed by atoms with Crippen molar-refractivity contribution in [1.29, 1.82) is 0 Å². The topological polar surface area (TPSA) is 77.9 Å². The van der Waals surface area contributed by atoms with Crippen LogP contribution in [0.5, 0.6) is 0 Å². The molecule has 6 nitrogen and oxygen atoms in total. The number of carboxylic acid groups (broad SMARTS) is 1. The summed E-state index contributed by atoms with van der Waals surface area (Å²) in [4.78, 5) is 40.6. The summed E-state index contributed by atoms with van der Waals surface area (Å²) in [6.45, 7) is 1.62. The van der Waals surface area contributed by atoms with Gasteiger partial charge in [-0.05, 0) is 24.6 Å². The average molecular weight is 459 g/mol. The predicted octanol–water partition coefficient (Wildman–Crippen LogP) is 3.93. The second-order valence-corrected chi connectivity index (χ2v) is 8.81. The third-order valence-corrected chi connectivity index (χ3v) is 6.75. The maximum Gasteiger partial charge on any atom is 0.326 e. The largest absolute Gasteiger partial charge is 0.480 e. The van der Waals surface area contributed by atoms with Gasteiger partial charge in [0.1, 0.15) is 10.4 Å². The molecule has 1 saturated heterocycles. The molecule has 30 heavy (non-hydrogen) atoms. The van der Waals surface area contributed by atoms with Gasteiger partial charge in [0.05, 0.1) is 22.7 Å². The number of fused-ring (bicyclic) bond motifs is 1. The zero-order valence-corrected chi connectivity index (χ0v) is 18.1. The molecule has 0 bridgehead atoms. The molecule has 4 rings (SSSR count). The third kappa shape index (κ3) is 3.30. The zero-order valence-electron chi connectivity index (χ0n) is 15.7. The molecule has 2 aliphatic heterocycles. The highest BCUT2D eigenvalue weighted by Crippen LogP contribution is 2.45. The van der Waals surface area contributed by atoms with Crippen molar-refractivity contribution in [2.24, 2.45) is 0 Å². The number of hydrogen-bond acceptors (Lipinski definition) is 5. The highest BCUT2D eigenvalue weighted by atomic mass is 35.5. The number of carbonyl (C=O) groups is 3. The predicted molar refractivity (Wildman–Crippen MR) is 120 cm³/mol. The number of halogens is 1. The second-order valence-electron chi connectivity index (χ2n) is 6.76. The van der Waals surface area contributed by atoms with Gasteiger partial charge in [-0.15, -0.1) is 0 Å². The number of para-hydroxylation sites is 1. The Labute approximate surface area is 187 Å². The molecular formula is C21H15ClN2O4S2. The minimum Gasteiger partial charge on any atom is -0.480 e. The number of aliphatic carboxylic acids is 1. The summed E-state index contributed by atoms with van der Waals surface area (Å²) in [5.74, 6) is -2.09. The van der Waals surface area contributed by atoms with Gasteiger partial charge in [0.2, 0.25) is 0 Å². The highest BCUT2D eigenvalue weighted by Gasteiger charge is 2.44. The van der Waals surface area contributed by atoms with Gasteiger partial charge in [-0.25, -0.2) is 4.79 Å². The van der Waals surface area contributed by atoms with Crippen LogP contribution < -0.4 is 4.90 Å². The lowest BCUT2D eigenvalue weighted by atomic mass is 10.1. The van der Waals surface area contributed by atoms with E-state index in [0.717, 1.165) is 22.2 Å². The van der Waals surface area contributed by atoms with Crippen molar-refractivity contribution in [3.63, 3.8) is 0 Å². The Morgan fingerprint density at radius 3 is 2.50 bits per heavy atom. The molecule has 9 heteroatoms. The number of hydrogen-bond donors (Lipinski definition) is 1. The van der Waals surface area contributed by atoms with Crippen LogP contribution >= 0.6 is 35.6 Å². The number of anilines is 1. The van der Waals surface area contributed by atoms with Crippen LogP contribution in [0.4, 0.5) is 5.69 Å². The van der Waals surface area contributed by atoms with Crippen LogP contribution in [0.1, 0.15) is 18.1 Å². The van der Waals surface area contributed by atoms with E-state index in [1.54, 1.807) is 29.2 Å². The van der Waals surface area contributed by atoms with Crippen molar-refractivity contribution in [3.05, 3.63) is 69.6 Å². The van der Waals surface area contributed by atoms with Crippen molar-refractivity contribution in [1.82, 2.24) is 4.90 Å². The molecule has 1 N–H and O–H groups in total. The molecule has 0 aliphatic carbocycles. The first kappa shape index (κ1) is 20.6. The maximum absolute atomic E-state index is 13.4. The van der Waals surface area contributed by atoms with Crippen LogP contribution in [0.2, 0.25) is 5.02 Å². The number of thiocarbonyl (C=S) groups is 1. The standard InChI is InChI=1S/C21H15ClN2O4S2/c1-11(20(27)28)24-19(26)17(30-21(24)29)16-13-7-3-5-9-15(13)23(18(16)25)10-12-6-2-4-8-14(12)22/h2-9,11H,10H2,1H3,(H,27,28)/b17-16-. The SMILES string of the molecule is CC(C(=O)O)N1C(=O)/C(=C2/C(=O)N(Cc3ccccc3Cl)c3ccccc32)SC1=S. The summed E-state index contributed by atoms with van der Waals surface area (Å²) in [6, 6.07) is 13.3. The summed E-state index contributed by atoms with van der Waals surface area (Å²) in [7, 11) is 0. The smallest absolute Gasteiger partial charge is 0.326 e. The van der Waals surface area contributed by atoms with Crippen molar-refractivity contribution in [2.75, 3.05) is 4.90 Å². The van der Waals surface area contributed by atoms with E-state index in [9.17, 15) is 19.5 Å². The van der Waals surface area contributed by atoms with E-state index >= 15 is 0 Å². The highest BCUT2D eigenvalue weighted by molar-refractivity contribution is 8.26. The number of amides is 2. The lowest BCUT2D eigenvalue weighted by Crippen LogP contribution is -2.41. The quantitative estimate of drug-likeness (QED) is 0.552. The number of thioether (sulfide) groups is 1. The molecule has 0 aromatic heterocycles. The Morgan fingerprint density at radius 1 is 1.13 bits per heavy atom. The maximum atomic E-state index is 13.4. The molecular weight excluding hydrogens is 444 g/mol. The molecule has 1 unspecified atom stereocenters. The fraction of sp³-hybridized carbons (Fsp3) is 0.143. The Kier molecular flexibility index (Phi) is 5.40. The zero-order chi connectivity index (χ0) is 21.6. The fourth-order valence-corrected chi connectivity index (χ4v) is 5.11. The van der Waals surface area contributed by atoms with E-state index in [4.69, 9.17) is 23.8 Å². The van der Waals surface area contributed by atoms with Crippen molar-refractivity contribution >= 4 is 68.9 Å². The first-order valence-corrected chi connectivity index (χ1v) is 10.6. The monoisotopic (exact) mass is 458 g/mol. The Morgan fingerprint density at radius 2 is 1.80 bits per heavy atom. The fourth-order valence-electron chi connectivity index (χ4n) is 3.43. The van der Waals surface area contributed by atoms with Crippen molar-refractivity contribution in [2.45, 2.75) is 19.5 Å². The molecule has 2 aromatic carbocycles. The third-order valence-electron chi connectivity index (χ3n) is 4.98. The average Bonchev–Trinajstić information content (AvgIpc) is 3.15. The van der Waals surface area contributed by atoms with Crippen LogP contribution in [-0.4, -0.2) is 38.2 Å². The molecule has 0 radical (unpaired) electrons. The Balaban J connectivity index is 1.79. The van der Waals surface area contributed by atoms with Crippen LogP contribution in [0.25, 0.3) is 5.57 Å². The van der Waals surface area contributed by atoms with E-state index in [1.807, 2.05) is 24.3 Å². The molecule has 0 spiro atoms. The van der Waals surface area contributed by atoms with E-state index < -0.39 is 17.9 Å². The van der Waals surface area contributed by atoms with Crippen LogP contribution in [0, 0.1) is 0 Å². The minimum absolute atomic E-state index is 0.118. The number of carbonyl (C=O) groups excluding carboxylic acids is 2. The first-order valence-electron chi connectivity index (χ1n) is 8.98. The van der Waals surface area contributed by atoms with Gasteiger partial charge >= 0.3 is 5.97 Å². The lowest BCUT2D eigenvalue weighted by Gasteiger charge is -2.19. The lowest BCUT2D eigenvalue weighted by molar-refractivity contribution is -0.144. The Hall–Kier alpha value is -2.68. The van der Waals surface area contributed by atoms with Crippen LogP contribution in [-0.2, 0) is 20.9 Å². The molecule has 1 atom stereocenters. The minimum atomic E-state index is -1.17. The summed E-state index contributed by atoms with van der Waals surface area (Å²) >= 11 is 12.5. The van der Waals surface area contributed by atoms with E-state index in [-0.39, 0.29) is 27.3 Å². The van der Waals surface area contributed by atoms with Gasteiger partial charge in [-0.1, -0.05) is 72.0 Å². The van der Waals surface area contributed by atoms with Gasteiger partial charge in [-0.2, -0.15) is 0 Å². The van der Waals surface area contributed by atoms with Gasteiger partial charge in [0.15, 0.2) is 0 Å². The summed E-state index contributed by atoms with van der Waals surface area (Å²) in [6.07, 6.45) is 0. The summed E-state index contributed by atoms with van der Waals surface area (Å²) in [5.41, 5.74) is 2.28. The normalized spacial score (nSPS) is 19.5. The molecule has 0 saturated carbocycles. The first-order chi connectivity index (χ1) is 14.3. The molecule has 2 heterocycles. The van der Waals surface area contributed by atoms with Crippen molar-refractivity contribution in [3.8, 4) is 0 Å². The van der Waals surface area contributed by atoms with E-state index in [1.165, 1.54) is 6.92 Å². The van der Waals surface area contributed by atoms with Gasteiger partial charge in [-0.3, -0.25) is 14.5 Å². The van der Waals surface area contributed by atoms with Gasteiger partial charge < -0.3 is 10.0 Å². The number of nitrogens with zero attached hydrogens (tertiary/aromatic N) is 2. The molecule has 152 valence electrons. The van der Waals surface area contributed by atoms with Gasteiger partial charge in [0.25, 0.3) is 11.8 Å². The van der Waals surface area contributed by atoms with Gasteiger partial charge in [0, 0.05) is 10.6 Å². The van der Waals surface area contributed by atoms with Crippen LogP contribution in [0.3, 0.4) is 0 Å². The molecule has 2 amide bonds. The second kappa shape index (κ2) is 7.86. The summed E-state index contributed by atoms with van der Waals surface area (Å²) < 4.78 is 0.118. The molecule has 2 aromatic rings. The van der Waals surface area contributed by atoms with Crippen molar-refractivity contribution < 1.29 is 19.5 Å². The molecule has 1 fully saturated rings. The Bertz CT molecular complexity index is 1150. The van der Waals surface area contributed by atoms with Crippen LogP contribution in [0.15, 0.2) is 53.4 Å². The van der Waals surface area contributed by atoms with E-state index in [0.29, 0.717) is 16.3 Å². The number of carboxylic acids is 1. The number of rotatable bonds is 4. The molecule has 2 aliphatic rings. The number of benzene rings is 2. The summed E-state index contributed by atoms with van der Waals surface area (Å²) in [5, 5.41) is 9.84.